The van der Waals surface area contributed by atoms with Crippen LogP contribution in [0, 0.1) is 12.8 Å². The molecule has 130 valence electrons. The molecule has 1 aliphatic heterocycles. The first-order valence-corrected chi connectivity index (χ1v) is 8.33. The molecule has 2 aromatic heterocycles. The first kappa shape index (κ1) is 16.7. The Morgan fingerprint density at radius 2 is 2.25 bits per heavy atom. The smallest absolute Gasteiger partial charge is 0.275 e. The minimum atomic E-state index is -0.0926. The SMILES string of the molecule is Cc1cc(C(=O)N(C)C[C@@H]2CCCN(C)[C@H]2c2cnn(C)c2)no1. The molecule has 1 saturated heterocycles. The highest BCUT2D eigenvalue weighted by Crippen LogP contribution is 2.35. The highest BCUT2D eigenvalue weighted by Gasteiger charge is 2.33. The lowest BCUT2D eigenvalue weighted by molar-refractivity contribution is 0.0637. The van der Waals surface area contributed by atoms with Gasteiger partial charge >= 0.3 is 0 Å². The normalized spacial score (nSPS) is 21.8. The number of aryl methyl sites for hydroxylation is 2. The molecule has 0 aliphatic carbocycles. The monoisotopic (exact) mass is 331 g/mol. The summed E-state index contributed by atoms with van der Waals surface area (Å²) in [5.74, 6) is 0.928. The quantitative estimate of drug-likeness (QED) is 0.855. The molecule has 1 amide bonds. The predicted octanol–water partition coefficient (Wildman–Crippen LogP) is 1.87. The van der Waals surface area contributed by atoms with Crippen molar-refractivity contribution in [3.63, 3.8) is 0 Å². The largest absolute Gasteiger partial charge is 0.361 e. The second-order valence-electron chi connectivity index (χ2n) is 6.78. The Hall–Kier alpha value is -2.15. The molecular formula is C17H25N5O2. The fraction of sp³-hybridized carbons (Fsp3) is 0.588. The van der Waals surface area contributed by atoms with Crippen molar-refractivity contribution in [1.82, 2.24) is 24.7 Å². The van der Waals surface area contributed by atoms with Crippen LogP contribution >= 0.6 is 0 Å². The van der Waals surface area contributed by atoms with Crippen LogP contribution in [0.15, 0.2) is 23.0 Å². The Balaban J connectivity index is 1.74. The van der Waals surface area contributed by atoms with Gasteiger partial charge in [0.2, 0.25) is 0 Å². The van der Waals surface area contributed by atoms with E-state index in [0.717, 1.165) is 19.4 Å². The van der Waals surface area contributed by atoms with Crippen molar-refractivity contribution in [2.75, 3.05) is 27.2 Å². The van der Waals surface area contributed by atoms with Gasteiger partial charge in [-0.2, -0.15) is 5.10 Å². The summed E-state index contributed by atoms with van der Waals surface area (Å²) in [6, 6.07) is 1.96. The lowest BCUT2D eigenvalue weighted by Gasteiger charge is -2.40. The molecule has 0 radical (unpaired) electrons. The number of rotatable bonds is 4. The minimum absolute atomic E-state index is 0.0926. The predicted molar refractivity (Wildman–Crippen MR) is 89.5 cm³/mol. The van der Waals surface area contributed by atoms with Crippen LogP contribution in [-0.4, -0.2) is 57.8 Å². The third kappa shape index (κ3) is 3.36. The highest BCUT2D eigenvalue weighted by atomic mass is 16.5. The summed E-state index contributed by atoms with van der Waals surface area (Å²) in [4.78, 5) is 16.7. The Morgan fingerprint density at radius 1 is 1.46 bits per heavy atom. The minimum Gasteiger partial charge on any atom is -0.361 e. The second kappa shape index (κ2) is 6.76. The maximum atomic E-state index is 12.5. The molecule has 1 fully saturated rings. The summed E-state index contributed by atoms with van der Waals surface area (Å²) in [5, 5.41) is 8.15. The van der Waals surface area contributed by atoms with Crippen LogP contribution in [0.3, 0.4) is 0 Å². The zero-order valence-electron chi connectivity index (χ0n) is 14.8. The molecule has 7 nitrogen and oxygen atoms in total. The van der Waals surface area contributed by atoms with Crippen molar-refractivity contribution in [2.24, 2.45) is 13.0 Å². The molecule has 7 heteroatoms. The molecule has 3 heterocycles. The van der Waals surface area contributed by atoms with Gasteiger partial charge in [0.1, 0.15) is 5.76 Å². The van der Waals surface area contributed by atoms with Gasteiger partial charge in [-0.05, 0) is 39.3 Å². The van der Waals surface area contributed by atoms with Gasteiger partial charge in [0.15, 0.2) is 5.69 Å². The zero-order chi connectivity index (χ0) is 17.3. The molecule has 0 spiro atoms. The summed E-state index contributed by atoms with van der Waals surface area (Å²) in [5.41, 5.74) is 1.58. The molecule has 0 unspecified atom stereocenters. The van der Waals surface area contributed by atoms with E-state index < -0.39 is 0 Å². The number of amides is 1. The van der Waals surface area contributed by atoms with Gasteiger partial charge in [0.25, 0.3) is 5.91 Å². The Morgan fingerprint density at radius 3 is 2.88 bits per heavy atom. The van der Waals surface area contributed by atoms with E-state index in [-0.39, 0.29) is 11.9 Å². The number of likely N-dealkylation sites (tertiary alicyclic amines) is 1. The van der Waals surface area contributed by atoms with E-state index in [1.807, 2.05) is 25.0 Å². The zero-order valence-corrected chi connectivity index (χ0v) is 14.8. The van der Waals surface area contributed by atoms with Crippen LogP contribution in [0.5, 0.6) is 0 Å². The van der Waals surface area contributed by atoms with Crippen molar-refractivity contribution in [1.29, 1.82) is 0 Å². The van der Waals surface area contributed by atoms with E-state index in [4.69, 9.17) is 4.52 Å². The Labute approximate surface area is 142 Å². The van der Waals surface area contributed by atoms with Gasteiger partial charge in [-0.1, -0.05) is 5.16 Å². The number of hydrogen-bond acceptors (Lipinski definition) is 5. The van der Waals surface area contributed by atoms with E-state index in [1.54, 1.807) is 17.9 Å². The van der Waals surface area contributed by atoms with E-state index >= 15 is 0 Å². The van der Waals surface area contributed by atoms with E-state index in [0.29, 0.717) is 23.9 Å². The number of carbonyl (C=O) groups is 1. The third-order valence-corrected chi connectivity index (χ3v) is 4.78. The molecule has 0 N–H and O–H groups in total. The number of aromatic nitrogens is 3. The first-order chi connectivity index (χ1) is 11.5. The molecule has 3 rings (SSSR count). The van der Waals surface area contributed by atoms with Crippen LogP contribution in [-0.2, 0) is 7.05 Å². The number of nitrogens with zero attached hydrogens (tertiary/aromatic N) is 5. The summed E-state index contributed by atoms with van der Waals surface area (Å²) in [7, 11) is 5.91. The van der Waals surface area contributed by atoms with Gasteiger partial charge in [0.05, 0.1) is 6.20 Å². The van der Waals surface area contributed by atoms with Gasteiger partial charge in [-0.15, -0.1) is 0 Å². The first-order valence-electron chi connectivity index (χ1n) is 8.33. The van der Waals surface area contributed by atoms with E-state index in [9.17, 15) is 4.79 Å². The van der Waals surface area contributed by atoms with E-state index in [1.165, 1.54) is 5.56 Å². The maximum absolute atomic E-state index is 12.5. The van der Waals surface area contributed by atoms with Crippen LogP contribution in [0.4, 0.5) is 0 Å². The summed E-state index contributed by atoms with van der Waals surface area (Å²) in [6.07, 6.45) is 6.24. The van der Waals surface area contributed by atoms with Crippen molar-refractivity contribution in [3.05, 3.63) is 35.5 Å². The lowest BCUT2D eigenvalue weighted by Crippen LogP contribution is -2.42. The standard InChI is InChI=1S/C17H25N5O2/c1-12-8-15(19-24-12)17(23)21(3)10-13-6-5-7-20(2)16(13)14-9-18-22(4)11-14/h8-9,11,13,16H,5-7,10H2,1-4H3/t13-,16+/m0/s1. The molecule has 0 saturated carbocycles. The van der Waals surface area contributed by atoms with Gasteiger partial charge < -0.3 is 9.42 Å². The summed E-state index contributed by atoms with van der Waals surface area (Å²) < 4.78 is 6.85. The molecular weight excluding hydrogens is 306 g/mol. The Kier molecular flexibility index (Phi) is 4.71. The Bertz CT molecular complexity index is 707. The van der Waals surface area contributed by atoms with Gasteiger partial charge in [-0.3, -0.25) is 14.4 Å². The van der Waals surface area contributed by atoms with Gasteiger partial charge in [0, 0.05) is 44.5 Å². The average Bonchev–Trinajstić information content (AvgIpc) is 3.15. The molecule has 24 heavy (non-hydrogen) atoms. The van der Waals surface area contributed by atoms with Crippen molar-refractivity contribution in [3.8, 4) is 0 Å². The molecule has 2 atom stereocenters. The highest BCUT2D eigenvalue weighted by molar-refractivity contribution is 5.92. The maximum Gasteiger partial charge on any atom is 0.275 e. The molecule has 2 aromatic rings. The average molecular weight is 331 g/mol. The molecule has 0 aromatic carbocycles. The number of piperidine rings is 1. The van der Waals surface area contributed by atoms with Crippen molar-refractivity contribution >= 4 is 5.91 Å². The second-order valence-corrected chi connectivity index (χ2v) is 6.78. The van der Waals surface area contributed by atoms with Crippen LogP contribution in [0.1, 0.15) is 40.7 Å². The molecule has 1 aliphatic rings. The fourth-order valence-electron chi connectivity index (χ4n) is 3.67. The number of carbonyl (C=O) groups excluding carboxylic acids is 1. The topological polar surface area (TPSA) is 67.4 Å². The fourth-order valence-corrected chi connectivity index (χ4v) is 3.67. The summed E-state index contributed by atoms with van der Waals surface area (Å²) in [6.45, 7) is 3.54. The lowest BCUT2D eigenvalue weighted by atomic mass is 9.85. The van der Waals surface area contributed by atoms with Crippen molar-refractivity contribution < 1.29 is 9.32 Å². The van der Waals surface area contributed by atoms with E-state index in [2.05, 4.69) is 28.4 Å². The van der Waals surface area contributed by atoms with Crippen LogP contribution < -0.4 is 0 Å². The molecule has 0 bridgehead atoms. The van der Waals surface area contributed by atoms with Gasteiger partial charge in [-0.25, -0.2) is 0 Å². The number of hydrogen-bond donors (Lipinski definition) is 0. The van der Waals surface area contributed by atoms with Crippen LogP contribution in [0.2, 0.25) is 0 Å². The third-order valence-electron chi connectivity index (χ3n) is 4.78. The van der Waals surface area contributed by atoms with Crippen molar-refractivity contribution in [2.45, 2.75) is 25.8 Å². The van der Waals surface area contributed by atoms with Crippen LogP contribution in [0.25, 0.3) is 0 Å². The summed E-state index contributed by atoms with van der Waals surface area (Å²) >= 11 is 0.